The first-order chi connectivity index (χ1) is 20.1. The summed E-state index contributed by atoms with van der Waals surface area (Å²) in [4.78, 5) is 46.3. The third-order valence-corrected chi connectivity index (χ3v) is 5.82. The van der Waals surface area contributed by atoms with E-state index < -0.39 is 17.9 Å². The number of aliphatic carboxylic acids is 1. The van der Waals surface area contributed by atoms with Gasteiger partial charge in [-0.15, -0.1) is 0 Å². The molecule has 0 saturated carbocycles. The third-order valence-electron chi connectivity index (χ3n) is 5.82. The van der Waals surface area contributed by atoms with Gasteiger partial charge in [0.1, 0.15) is 12.4 Å². The molecule has 0 aromatic heterocycles. The molecule has 42 heavy (non-hydrogen) atoms. The number of carbonyl (C=O) groups is 4. The van der Waals surface area contributed by atoms with E-state index in [0.717, 1.165) is 18.2 Å². The average Bonchev–Trinajstić information content (AvgIpc) is 3.84. The van der Waals surface area contributed by atoms with E-state index in [4.69, 9.17) is 18.9 Å². The number of benzene rings is 2. The Kier molecular flexibility index (Phi) is 14.2. The van der Waals surface area contributed by atoms with Crippen LogP contribution in [0.5, 0.6) is 0 Å². The van der Waals surface area contributed by atoms with Gasteiger partial charge in [-0.05, 0) is 32.8 Å². The van der Waals surface area contributed by atoms with E-state index in [2.05, 4.69) is 6.58 Å². The Morgan fingerprint density at radius 1 is 0.905 bits per heavy atom. The molecule has 0 aliphatic carbocycles. The number of carboxylic acid groups (broad SMARTS) is 1. The van der Waals surface area contributed by atoms with E-state index in [1.54, 1.807) is 56.3 Å². The van der Waals surface area contributed by atoms with Crippen molar-refractivity contribution in [3.05, 3.63) is 113 Å². The summed E-state index contributed by atoms with van der Waals surface area (Å²) in [5.41, 5.74) is 2.21. The fraction of sp³-hybridized carbons (Fsp3) is 0.273. The highest BCUT2D eigenvalue weighted by Gasteiger charge is 2.21. The summed E-state index contributed by atoms with van der Waals surface area (Å²) < 4.78 is 20.4. The molecule has 1 unspecified atom stereocenters. The van der Waals surface area contributed by atoms with Crippen molar-refractivity contribution >= 4 is 29.6 Å². The van der Waals surface area contributed by atoms with Crippen LogP contribution in [0, 0.1) is 0 Å². The fourth-order valence-corrected chi connectivity index (χ4v) is 3.22. The predicted octanol–water partition coefficient (Wildman–Crippen LogP) is 5.58. The van der Waals surface area contributed by atoms with Crippen molar-refractivity contribution in [3.63, 3.8) is 0 Å². The maximum atomic E-state index is 12.4. The molecular weight excluding hydrogens is 540 g/mol. The van der Waals surface area contributed by atoms with Crippen molar-refractivity contribution < 1.29 is 43.2 Å². The average molecular weight is 577 g/mol. The molecule has 1 N–H and O–H groups in total. The number of hydrogen-bond donors (Lipinski definition) is 1. The van der Waals surface area contributed by atoms with Crippen molar-refractivity contribution in [1.82, 2.24) is 0 Å². The van der Waals surface area contributed by atoms with Gasteiger partial charge in [0.2, 0.25) is 0 Å². The van der Waals surface area contributed by atoms with Crippen LogP contribution < -0.4 is 0 Å². The molecule has 2 aromatic carbocycles. The zero-order chi connectivity index (χ0) is 30.9. The van der Waals surface area contributed by atoms with Crippen LogP contribution >= 0.6 is 0 Å². The van der Waals surface area contributed by atoms with Crippen LogP contribution in [0.2, 0.25) is 0 Å². The Bertz CT molecular complexity index is 1320. The number of hydrogen-bond acceptors (Lipinski definition) is 8. The summed E-state index contributed by atoms with van der Waals surface area (Å²) in [6.45, 7) is 9.07. The highest BCUT2D eigenvalue weighted by Crippen LogP contribution is 2.22. The van der Waals surface area contributed by atoms with Crippen LogP contribution in [0.3, 0.4) is 0 Å². The third kappa shape index (κ3) is 12.6. The Labute approximate surface area is 245 Å². The quantitative estimate of drug-likeness (QED) is 0.0812. The van der Waals surface area contributed by atoms with Crippen molar-refractivity contribution in [2.45, 2.75) is 46.3 Å². The van der Waals surface area contributed by atoms with E-state index >= 15 is 0 Å². The minimum Gasteiger partial charge on any atom is -0.478 e. The van der Waals surface area contributed by atoms with Gasteiger partial charge in [-0.25, -0.2) is 19.2 Å². The predicted molar refractivity (Wildman–Crippen MR) is 157 cm³/mol. The minimum atomic E-state index is -1.17. The summed E-state index contributed by atoms with van der Waals surface area (Å²) in [6, 6.07) is 18.1. The van der Waals surface area contributed by atoms with Crippen LogP contribution in [0.1, 0.15) is 44.7 Å². The number of ether oxygens (including phenoxy) is 4. The standard InChI is InChI=1S/C23H26O7.C10H10O2/c1-15(8-7-13-28-22(26)16(2)11-12-19-14-29-19)23(27)30-20(17(3)21(24)25)18-9-5-4-6-10-18;1-2-10(11)12-8-9-6-4-3-5-7-9/h4-6,8-11,19H,7,12-14H2,1-3H3,(H,24,25);2-7H,1,8H2. The van der Waals surface area contributed by atoms with Crippen LogP contribution in [0.25, 0.3) is 5.76 Å². The molecule has 1 atom stereocenters. The molecule has 1 aliphatic heterocycles. The molecule has 1 saturated heterocycles. The monoisotopic (exact) mass is 576 g/mol. The lowest BCUT2D eigenvalue weighted by atomic mass is 10.1. The Morgan fingerprint density at radius 2 is 1.50 bits per heavy atom. The molecule has 222 valence electrons. The molecule has 2 aromatic rings. The lowest BCUT2D eigenvalue weighted by Crippen LogP contribution is -2.10. The van der Waals surface area contributed by atoms with E-state index in [1.807, 2.05) is 30.3 Å². The second-order valence-electron chi connectivity index (χ2n) is 9.20. The van der Waals surface area contributed by atoms with Gasteiger partial charge in [0.15, 0.2) is 0 Å². The Morgan fingerprint density at radius 3 is 2.07 bits per heavy atom. The molecule has 0 spiro atoms. The van der Waals surface area contributed by atoms with Gasteiger partial charge in [0.25, 0.3) is 0 Å². The number of epoxide rings is 1. The fourth-order valence-electron chi connectivity index (χ4n) is 3.22. The number of esters is 3. The summed E-state index contributed by atoms with van der Waals surface area (Å²) in [5.74, 6) is -2.64. The van der Waals surface area contributed by atoms with Crippen LogP contribution in [0.4, 0.5) is 0 Å². The normalized spacial score (nSPS) is 14.8. The minimum absolute atomic E-state index is 0.00678. The highest BCUT2D eigenvalue weighted by molar-refractivity contribution is 5.98. The number of rotatable bonds is 13. The SMILES string of the molecule is C=CC(=O)OCc1ccccc1.CC(=CCC1CO1)C(=O)OCCC=C(C)C(=O)OC(=C(C)C(=O)O)c1ccccc1. The van der Waals surface area contributed by atoms with Crippen molar-refractivity contribution in [3.8, 4) is 0 Å². The molecule has 0 radical (unpaired) electrons. The summed E-state index contributed by atoms with van der Waals surface area (Å²) in [5, 5.41) is 9.28. The van der Waals surface area contributed by atoms with Gasteiger partial charge < -0.3 is 24.1 Å². The molecule has 0 amide bonds. The smallest absolute Gasteiger partial charge is 0.338 e. The van der Waals surface area contributed by atoms with E-state index in [9.17, 15) is 24.3 Å². The zero-order valence-electron chi connectivity index (χ0n) is 24.0. The van der Waals surface area contributed by atoms with Crippen LogP contribution in [0.15, 0.2) is 102 Å². The van der Waals surface area contributed by atoms with Gasteiger partial charge in [-0.2, -0.15) is 0 Å². The molecule has 1 aliphatic rings. The molecule has 0 bridgehead atoms. The second-order valence-corrected chi connectivity index (χ2v) is 9.20. The van der Waals surface area contributed by atoms with Gasteiger partial charge in [-0.1, -0.05) is 79.4 Å². The molecule has 3 rings (SSSR count). The summed E-state index contributed by atoms with van der Waals surface area (Å²) in [6.07, 6.45) is 5.77. The molecule has 9 heteroatoms. The highest BCUT2D eigenvalue weighted by atomic mass is 16.6. The Hall–Kier alpha value is -4.76. The van der Waals surface area contributed by atoms with Crippen molar-refractivity contribution in [2.24, 2.45) is 0 Å². The first-order valence-electron chi connectivity index (χ1n) is 13.3. The summed E-state index contributed by atoms with van der Waals surface area (Å²) in [7, 11) is 0. The molecule has 1 fully saturated rings. The van der Waals surface area contributed by atoms with E-state index in [0.29, 0.717) is 30.6 Å². The van der Waals surface area contributed by atoms with E-state index in [1.165, 1.54) is 6.92 Å². The van der Waals surface area contributed by atoms with Gasteiger partial charge in [0, 0.05) is 29.2 Å². The lowest BCUT2D eigenvalue weighted by molar-refractivity contribution is -0.139. The molecule has 1 heterocycles. The lowest BCUT2D eigenvalue weighted by Gasteiger charge is -2.11. The second kappa shape index (κ2) is 17.8. The maximum Gasteiger partial charge on any atom is 0.338 e. The largest absolute Gasteiger partial charge is 0.478 e. The number of carboxylic acids is 1. The van der Waals surface area contributed by atoms with Crippen molar-refractivity contribution in [1.29, 1.82) is 0 Å². The van der Waals surface area contributed by atoms with E-state index in [-0.39, 0.29) is 35.6 Å². The Balaban J connectivity index is 0.000000428. The molecule has 9 nitrogen and oxygen atoms in total. The van der Waals surface area contributed by atoms with Crippen LogP contribution in [-0.4, -0.2) is 48.3 Å². The first kappa shape index (κ1) is 33.4. The summed E-state index contributed by atoms with van der Waals surface area (Å²) >= 11 is 0. The van der Waals surface area contributed by atoms with Gasteiger partial charge in [-0.3, -0.25) is 0 Å². The maximum absolute atomic E-state index is 12.4. The first-order valence-corrected chi connectivity index (χ1v) is 13.3. The van der Waals surface area contributed by atoms with Gasteiger partial charge >= 0.3 is 23.9 Å². The number of carbonyl (C=O) groups excluding carboxylic acids is 3. The molecular formula is C33H36O9. The van der Waals surface area contributed by atoms with Crippen LogP contribution in [-0.2, 0) is 44.7 Å². The van der Waals surface area contributed by atoms with Crippen molar-refractivity contribution in [2.75, 3.05) is 13.2 Å². The van der Waals surface area contributed by atoms with Gasteiger partial charge in [0.05, 0.1) is 24.9 Å². The topological polar surface area (TPSA) is 129 Å². The zero-order valence-corrected chi connectivity index (χ0v) is 24.0.